The molecule has 4 atom stereocenters. The number of ether oxygens (including phenoxy) is 2. The molecule has 2 amide bonds. The van der Waals surface area contributed by atoms with Gasteiger partial charge in [0.05, 0.1) is 18.2 Å². The number of hydrogen-bond acceptors (Lipinski definition) is 4. The lowest BCUT2D eigenvalue weighted by atomic mass is 9.73. The standard InChI is InChI=1S/C21H34N2O4/c1-26-13-20(25)23-12-17-16(18-9-10-21(17,14-23)27-18)11-22-19(24)8-7-15-5-3-2-4-6-15/h15-18H,2-14H2,1H3,(H,22,24)/t16-,17+,18+,21+/m0/s1. The van der Waals surface area contributed by atoms with E-state index < -0.39 is 0 Å². The summed E-state index contributed by atoms with van der Waals surface area (Å²) in [5.41, 5.74) is -0.175. The van der Waals surface area contributed by atoms with Gasteiger partial charge in [0.1, 0.15) is 6.61 Å². The lowest BCUT2D eigenvalue weighted by Gasteiger charge is -2.29. The SMILES string of the molecule is COCC(=O)N1C[C@@H]2[C@H](CNC(=O)CCC3CCCCC3)[C@H]3CC[C@]2(C1)O3. The van der Waals surface area contributed by atoms with Crippen molar-refractivity contribution in [2.75, 3.05) is 33.4 Å². The molecular formula is C21H34N2O4. The maximum atomic E-state index is 12.4. The van der Waals surface area contributed by atoms with Gasteiger partial charge in [0.2, 0.25) is 11.8 Å². The first kappa shape index (κ1) is 19.2. The van der Waals surface area contributed by atoms with E-state index in [0.29, 0.717) is 31.3 Å². The summed E-state index contributed by atoms with van der Waals surface area (Å²) in [6, 6.07) is 0. The number of amides is 2. The third kappa shape index (κ3) is 3.88. The Labute approximate surface area is 162 Å². The summed E-state index contributed by atoms with van der Waals surface area (Å²) >= 11 is 0. The zero-order valence-corrected chi connectivity index (χ0v) is 16.6. The van der Waals surface area contributed by atoms with Gasteiger partial charge in [-0.05, 0) is 25.2 Å². The van der Waals surface area contributed by atoms with Crippen molar-refractivity contribution < 1.29 is 19.1 Å². The maximum absolute atomic E-state index is 12.4. The smallest absolute Gasteiger partial charge is 0.248 e. The molecule has 3 saturated heterocycles. The average Bonchev–Trinajstić information content (AvgIpc) is 3.34. The van der Waals surface area contributed by atoms with Crippen molar-refractivity contribution in [2.45, 2.75) is 69.5 Å². The Morgan fingerprint density at radius 2 is 2.04 bits per heavy atom. The molecule has 1 N–H and O–H groups in total. The summed E-state index contributed by atoms with van der Waals surface area (Å²) in [6.45, 7) is 2.24. The number of carbonyl (C=O) groups is 2. The van der Waals surface area contributed by atoms with Crippen LogP contribution in [0.3, 0.4) is 0 Å². The van der Waals surface area contributed by atoms with Gasteiger partial charge in [-0.3, -0.25) is 9.59 Å². The van der Waals surface area contributed by atoms with Crippen molar-refractivity contribution >= 4 is 11.8 Å². The first-order valence-electron chi connectivity index (χ1n) is 10.8. The van der Waals surface area contributed by atoms with E-state index in [1.165, 1.54) is 32.1 Å². The molecule has 4 fully saturated rings. The van der Waals surface area contributed by atoms with Crippen molar-refractivity contribution in [3.63, 3.8) is 0 Å². The summed E-state index contributed by atoms with van der Waals surface area (Å²) in [5.74, 6) is 1.65. The normalized spacial score (nSPS) is 35.4. The predicted octanol–water partition coefficient (Wildman–Crippen LogP) is 2.12. The topological polar surface area (TPSA) is 67.9 Å². The molecule has 4 aliphatic rings. The third-order valence-corrected chi connectivity index (χ3v) is 7.44. The van der Waals surface area contributed by atoms with E-state index in [2.05, 4.69) is 5.32 Å². The van der Waals surface area contributed by atoms with Crippen molar-refractivity contribution in [3.05, 3.63) is 0 Å². The summed E-state index contributed by atoms with van der Waals surface area (Å²) in [4.78, 5) is 26.5. The minimum atomic E-state index is -0.175. The molecule has 0 unspecified atom stereocenters. The molecule has 2 bridgehead atoms. The first-order chi connectivity index (χ1) is 13.1. The van der Waals surface area contributed by atoms with E-state index in [1.54, 1.807) is 7.11 Å². The summed E-state index contributed by atoms with van der Waals surface area (Å²) in [6.07, 6.45) is 10.6. The van der Waals surface area contributed by atoms with Gasteiger partial charge in [-0.2, -0.15) is 0 Å². The Morgan fingerprint density at radius 3 is 2.81 bits per heavy atom. The van der Waals surface area contributed by atoms with Gasteiger partial charge >= 0.3 is 0 Å². The second kappa shape index (κ2) is 8.08. The molecule has 0 aromatic heterocycles. The zero-order chi connectivity index (χ0) is 18.9. The molecular weight excluding hydrogens is 344 g/mol. The summed E-state index contributed by atoms with van der Waals surface area (Å²) in [7, 11) is 1.56. The van der Waals surface area contributed by atoms with E-state index in [9.17, 15) is 9.59 Å². The third-order valence-electron chi connectivity index (χ3n) is 7.44. The van der Waals surface area contributed by atoms with Crippen LogP contribution in [0.4, 0.5) is 0 Å². The van der Waals surface area contributed by atoms with Crippen LogP contribution in [0.25, 0.3) is 0 Å². The van der Waals surface area contributed by atoms with E-state index in [1.807, 2.05) is 4.90 Å². The van der Waals surface area contributed by atoms with E-state index in [4.69, 9.17) is 9.47 Å². The largest absolute Gasteiger partial charge is 0.375 e. The monoisotopic (exact) mass is 378 g/mol. The molecule has 0 aromatic rings. The fourth-order valence-corrected chi connectivity index (χ4v) is 6.00. The van der Waals surface area contributed by atoms with Gasteiger partial charge in [-0.1, -0.05) is 32.1 Å². The quantitative estimate of drug-likeness (QED) is 0.737. The van der Waals surface area contributed by atoms with Crippen LogP contribution in [0.15, 0.2) is 0 Å². The minimum absolute atomic E-state index is 0.0450. The molecule has 0 radical (unpaired) electrons. The molecule has 3 aliphatic heterocycles. The van der Waals surface area contributed by atoms with Crippen LogP contribution in [0, 0.1) is 17.8 Å². The highest BCUT2D eigenvalue weighted by molar-refractivity contribution is 5.78. The Hall–Kier alpha value is -1.14. The van der Waals surface area contributed by atoms with Gasteiger partial charge in [0.25, 0.3) is 0 Å². The highest BCUT2D eigenvalue weighted by Crippen LogP contribution is 2.54. The lowest BCUT2D eigenvalue weighted by Crippen LogP contribution is -2.41. The molecule has 4 rings (SSSR count). The number of likely N-dealkylation sites (tertiary alicyclic amines) is 1. The number of rotatable bonds is 7. The van der Waals surface area contributed by atoms with Gasteiger partial charge in [0, 0.05) is 38.5 Å². The van der Waals surface area contributed by atoms with Crippen LogP contribution in [-0.4, -0.2) is 61.8 Å². The second-order valence-corrected chi connectivity index (χ2v) is 9.08. The highest BCUT2D eigenvalue weighted by Gasteiger charge is 2.63. The fourth-order valence-electron chi connectivity index (χ4n) is 6.00. The Balaban J connectivity index is 1.27. The van der Waals surface area contributed by atoms with Crippen LogP contribution in [0.2, 0.25) is 0 Å². The molecule has 152 valence electrons. The number of fused-ring (bicyclic) bond motifs is 1. The van der Waals surface area contributed by atoms with E-state index in [0.717, 1.165) is 31.7 Å². The van der Waals surface area contributed by atoms with Crippen LogP contribution in [0.1, 0.15) is 57.8 Å². The van der Waals surface area contributed by atoms with Crippen molar-refractivity contribution in [3.8, 4) is 0 Å². The summed E-state index contributed by atoms with van der Waals surface area (Å²) in [5, 5.41) is 3.18. The number of carbonyl (C=O) groups excluding carboxylic acids is 2. The van der Waals surface area contributed by atoms with Crippen molar-refractivity contribution in [2.24, 2.45) is 17.8 Å². The lowest BCUT2D eigenvalue weighted by molar-refractivity contribution is -0.135. The van der Waals surface area contributed by atoms with Crippen molar-refractivity contribution in [1.82, 2.24) is 10.2 Å². The van der Waals surface area contributed by atoms with Gasteiger partial charge in [0.15, 0.2) is 0 Å². The Kier molecular flexibility index (Phi) is 5.74. The molecule has 0 aromatic carbocycles. The minimum Gasteiger partial charge on any atom is -0.375 e. The highest BCUT2D eigenvalue weighted by atomic mass is 16.5. The predicted molar refractivity (Wildman–Crippen MR) is 101 cm³/mol. The zero-order valence-electron chi connectivity index (χ0n) is 16.6. The molecule has 1 saturated carbocycles. The molecule has 1 spiro atoms. The van der Waals surface area contributed by atoms with Gasteiger partial charge in [-0.25, -0.2) is 0 Å². The number of methoxy groups -OCH3 is 1. The molecule has 6 nitrogen and oxygen atoms in total. The van der Waals surface area contributed by atoms with Crippen molar-refractivity contribution in [1.29, 1.82) is 0 Å². The maximum Gasteiger partial charge on any atom is 0.248 e. The Bertz CT molecular complexity index is 562. The van der Waals surface area contributed by atoms with Crippen LogP contribution in [0.5, 0.6) is 0 Å². The number of hydrogen-bond donors (Lipinski definition) is 1. The van der Waals surface area contributed by atoms with Crippen LogP contribution >= 0.6 is 0 Å². The van der Waals surface area contributed by atoms with Gasteiger partial charge < -0.3 is 19.7 Å². The molecule has 6 heteroatoms. The number of nitrogens with one attached hydrogen (secondary N) is 1. The fraction of sp³-hybridized carbons (Fsp3) is 0.905. The van der Waals surface area contributed by atoms with Gasteiger partial charge in [-0.15, -0.1) is 0 Å². The first-order valence-corrected chi connectivity index (χ1v) is 10.8. The molecule has 3 heterocycles. The van der Waals surface area contributed by atoms with Crippen LogP contribution < -0.4 is 5.32 Å². The summed E-state index contributed by atoms with van der Waals surface area (Å²) < 4.78 is 11.4. The molecule has 1 aliphatic carbocycles. The van der Waals surface area contributed by atoms with E-state index in [-0.39, 0.29) is 30.1 Å². The Morgan fingerprint density at radius 1 is 1.22 bits per heavy atom. The van der Waals surface area contributed by atoms with Crippen LogP contribution in [-0.2, 0) is 19.1 Å². The van der Waals surface area contributed by atoms with E-state index >= 15 is 0 Å². The average molecular weight is 379 g/mol. The number of nitrogens with zero attached hydrogens (tertiary/aromatic N) is 1. The second-order valence-electron chi connectivity index (χ2n) is 9.08. The molecule has 27 heavy (non-hydrogen) atoms.